The summed E-state index contributed by atoms with van der Waals surface area (Å²) in [6, 6.07) is 5.86. The normalized spacial score (nSPS) is 20.8. The van der Waals surface area contributed by atoms with Gasteiger partial charge in [-0.3, -0.25) is 4.79 Å². The molecule has 1 aromatic rings. The molecule has 4 nitrogen and oxygen atoms in total. The van der Waals surface area contributed by atoms with Crippen molar-refractivity contribution < 1.29 is 14.3 Å². The van der Waals surface area contributed by atoms with Crippen molar-refractivity contribution in [1.29, 1.82) is 0 Å². The van der Waals surface area contributed by atoms with Gasteiger partial charge in [-0.05, 0) is 55.4 Å². The van der Waals surface area contributed by atoms with Gasteiger partial charge in [-0.2, -0.15) is 0 Å². The standard InChI is InChI=1S/C19H26ClNO3/c1-14-3-7-16(8-4-14)21-19(22)10-6-15-5-9-17(24-12-11-20)18(13-15)23-2/h5-6,9-10,13-14,16H,3-4,7-8,11-12H2,1-2H3,(H,21,22)/b10-6+/t14-,16+. The van der Waals surface area contributed by atoms with Gasteiger partial charge in [-0.25, -0.2) is 0 Å². The fourth-order valence-corrected chi connectivity index (χ4v) is 2.96. The third-order valence-corrected chi connectivity index (χ3v) is 4.47. The maximum atomic E-state index is 12.1. The van der Waals surface area contributed by atoms with Gasteiger partial charge in [0, 0.05) is 12.1 Å². The second kappa shape index (κ2) is 9.58. The number of hydrogen-bond acceptors (Lipinski definition) is 3. The lowest BCUT2D eigenvalue weighted by atomic mass is 9.87. The third kappa shape index (κ3) is 5.75. The number of carbonyl (C=O) groups excluding carboxylic acids is 1. The lowest BCUT2D eigenvalue weighted by molar-refractivity contribution is -0.117. The van der Waals surface area contributed by atoms with Crippen molar-refractivity contribution in [3.05, 3.63) is 29.8 Å². The Morgan fingerprint density at radius 3 is 2.71 bits per heavy atom. The molecular formula is C19H26ClNO3. The molecule has 0 bridgehead atoms. The van der Waals surface area contributed by atoms with Crippen molar-refractivity contribution in [3.8, 4) is 11.5 Å². The molecule has 1 amide bonds. The second-order valence-corrected chi connectivity index (χ2v) is 6.62. The summed E-state index contributed by atoms with van der Waals surface area (Å²) in [5, 5.41) is 3.08. The maximum Gasteiger partial charge on any atom is 0.244 e. The Morgan fingerprint density at radius 2 is 2.04 bits per heavy atom. The maximum absolute atomic E-state index is 12.1. The summed E-state index contributed by atoms with van der Waals surface area (Å²) in [5.41, 5.74) is 0.887. The van der Waals surface area contributed by atoms with Crippen LogP contribution in [0.5, 0.6) is 11.5 Å². The van der Waals surface area contributed by atoms with E-state index in [-0.39, 0.29) is 5.91 Å². The third-order valence-electron chi connectivity index (χ3n) is 4.31. The van der Waals surface area contributed by atoms with E-state index >= 15 is 0 Å². The molecule has 1 N–H and O–H groups in total. The molecule has 132 valence electrons. The Kier molecular flexibility index (Phi) is 7.44. The average Bonchev–Trinajstić information content (AvgIpc) is 2.60. The highest BCUT2D eigenvalue weighted by Gasteiger charge is 2.18. The first-order valence-corrected chi connectivity index (χ1v) is 9.01. The van der Waals surface area contributed by atoms with E-state index in [9.17, 15) is 4.79 Å². The summed E-state index contributed by atoms with van der Waals surface area (Å²) in [4.78, 5) is 12.1. The van der Waals surface area contributed by atoms with Crippen LogP contribution in [-0.4, -0.2) is 31.5 Å². The molecule has 1 aromatic carbocycles. The summed E-state index contributed by atoms with van der Waals surface area (Å²) in [6.45, 7) is 2.70. The number of hydrogen-bond donors (Lipinski definition) is 1. The van der Waals surface area contributed by atoms with Crippen molar-refractivity contribution in [3.63, 3.8) is 0 Å². The molecule has 1 saturated carbocycles. The highest BCUT2D eigenvalue weighted by Crippen LogP contribution is 2.28. The van der Waals surface area contributed by atoms with E-state index in [0.717, 1.165) is 24.3 Å². The smallest absolute Gasteiger partial charge is 0.244 e. The monoisotopic (exact) mass is 351 g/mol. The highest BCUT2D eigenvalue weighted by molar-refractivity contribution is 6.18. The molecule has 5 heteroatoms. The zero-order valence-corrected chi connectivity index (χ0v) is 15.1. The lowest BCUT2D eigenvalue weighted by Gasteiger charge is -2.26. The van der Waals surface area contributed by atoms with E-state index in [1.54, 1.807) is 19.3 Å². The molecule has 0 aliphatic heterocycles. The van der Waals surface area contributed by atoms with Crippen molar-refractivity contribution in [1.82, 2.24) is 5.32 Å². The number of alkyl halides is 1. The van der Waals surface area contributed by atoms with Gasteiger partial charge in [0.15, 0.2) is 11.5 Å². The van der Waals surface area contributed by atoms with Crippen LogP contribution in [0.1, 0.15) is 38.2 Å². The van der Waals surface area contributed by atoms with Crippen molar-refractivity contribution in [2.45, 2.75) is 38.6 Å². The zero-order chi connectivity index (χ0) is 17.4. The summed E-state index contributed by atoms with van der Waals surface area (Å²) >= 11 is 5.63. The molecule has 0 aromatic heterocycles. The van der Waals surface area contributed by atoms with Gasteiger partial charge >= 0.3 is 0 Å². The van der Waals surface area contributed by atoms with Crippen LogP contribution in [0.4, 0.5) is 0 Å². The molecule has 24 heavy (non-hydrogen) atoms. The summed E-state index contributed by atoms with van der Waals surface area (Å²) < 4.78 is 10.8. The first-order chi connectivity index (χ1) is 11.6. The molecule has 1 aliphatic carbocycles. The van der Waals surface area contributed by atoms with Gasteiger partial charge in [0.2, 0.25) is 5.91 Å². The van der Waals surface area contributed by atoms with Crippen LogP contribution in [0.15, 0.2) is 24.3 Å². The van der Waals surface area contributed by atoms with Crippen molar-refractivity contribution >= 4 is 23.6 Å². The van der Waals surface area contributed by atoms with E-state index < -0.39 is 0 Å². The fourth-order valence-electron chi connectivity index (χ4n) is 2.88. The van der Waals surface area contributed by atoms with Crippen LogP contribution >= 0.6 is 11.6 Å². The number of carbonyl (C=O) groups is 1. The number of rotatable bonds is 7. The SMILES string of the molecule is COc1cc(/C=C/C(=O)N[C@H]2CC[C@@H](C)CC2)ccc1OCCCl. The number of ether oxygens (including phenoxy) is 2. The minimum atomic E-state index is -0.0454. The summed E-state index contributed by atoms with van der Waals surface area (Å²) in [7, 11) is 1.59. The average molecular weight is 352 g/mol. The Balaban J connectivity index is 1.91. The quantitative estimate of drug-likeness (QED) is 0.596. The predicted molar refractivity (Wildman–Crippen MR) is 97.8 cm³/mol. The Labute approximate surface area is 149 Å². The Hall–Kier alpha value is -1.68. The minimum absolute atomic E-state index is 0.0454. The lowest BCUT2D eigenvalue weighted by Crippen LogP contribution is -2.36. The topological polar surface area (TPSA) is 47.6 Å². The van der Waals surface area contributed by atoms with E-state index in [1.165, 1.54) is 12.8 Å². The molecular weight excluding hydrogens is 326 g/mol. The molecule has 2 rings (SSSR count). The van der Waals surface area contributed by atoms with Gasteiger partial charge in [-0.1, -0.05) is 13.0 Å². The minimum Gasteiger partial charge on any atom is -0.493 e. The zero-order valence-electron chi connectivity index (χ0n) is 14.4. The number of halogens is 1. The second-order valence-electron chi connectivity index (χ2n) is 6.25. The van der Waals surface area contributed by atoms with Crippen LogP contribution in [0, 0.1) is 5.92 Å². The van der Waals surface area contributed by atoms with E-state index in [1.807, 2.05) is 18.2 Å². The van der Waals surface area contributed by atoms with E-state index in [2.05, 4.69) is 12.2 Å². The van der Waals surface area contributed by atoms with E-state index in [0.29, 0.717) is 30.0 Å². The largest absolute Gasteiger partial charge is 0.493 e. The molecule has 0 radical (unpaired) electrons. The summed E-state index contributed by atoms with van der Waals surface area (Å²) in [5.74, 6) is 2.43. The van der Waals surface area contributed by atoms with Gasteiger partial charge in [0.1, 0.15) is 6.61 Å². The van der Waals surface area contributed by atoms with Gasteiger partial charge in [-0.15, -0.1) is 11.6 Å². The number of nitrogens with one attached hydrogen (secondary N) is 1. The number of amides is 1. The first kappa shape index (κ1) is 18.7. The highest BCUT2D eigenvalue weighted by atomic mass is 35.5. The van der Waals surface area contributed by atoms with Crippen molar-refractivity contribution in [2.75, 3.05) is 19.6 Å². The molecule has 1 fully saturated rings. The molecule has 0 spiro atoms. The van der Waals surface area contributed by atoms with Crippen LogP contribution in [0.3, 0.4) is 0 Å². The van der Waals surface area contributed by atoms with Crippen LogP contribution in [0.25, 0.3) is 6.08 Å². The van der Waals surface area contributed by atoms with Gasteiger partial charge < -0.3 is 14.8 Å². The molecule has 1 aliphatic rings. The number of benzene rings is 1. The van der Waals surface area contributed by atoms with Crippen LogP contribution in [0.2, 0.25) is 0 Å². The molecule has 0 unspecified atom stereocenters. The molecule has 0 saturated heterocycles. The van der Waals surface area contributed by atoms with E-state index in [4.69, 9.17) is 21.1 Å². The Bertz CT molecular complexity index is 566. The predicted octanol–water partition coefficient (Wildman–Crippen LogP) is 4.02. The van der Waals surface area contributed by atoms with Crippen LogP contribution < -0.4 is 14.8 Å². The van der Waals surface area contributed by atoms with Gasteiger partial charge in [0.05, 0.1) is 13.0 Å². The van der Waals surface area contributed by atoms with Gasteiger partial charge in [0.25, 0.3) is 0 Å². The molecule has 0 atom stereocenters. The molecule has 0 heterocycles. The Morgan fingerprint density at radius 1 is 1.29 bits per heavy atom. The fraction of sp³-hybridized carbons (Fsp3) is 0.526. The van der Waals surface area contributed by atoms with Crippen molar-refractivity contribution in [2.24, 2.45) is 5.92 Å². The first-order valence-electron chi connectivity index (χ1n) is 8.47. The summed E-state index contributed by atoms with van der Waals surface area (Å²) in [6.07, 6.45) is 7.88. The number of methoxy groups -OCH3 is 1. The van der Waals surface area contributed by atoms with Crippen LogP contribution in [-0.2, 0) is 4.79 Å².